The van der Waals surface area contributed by atoms with Gasteiger partial charge in [-0.1, -0.05) is 25.1 Å². The van der Waals surface area contributed by atoms with E-state index < -0.39 is 0 Å². The van der Waals surface area contributed by atoms with E-state index in [1.165, 1.54) is 10.9 Å². The van der Waals surface area contributed by atoms with Crippen LogP contribution in [0.2, 0.25) is 0 Å². The summed E-state index contributed by atoms with van der Waals surface area (Å²) in [5, 5.41) is 13.6. The van der Waals surface area contributed by atoms with Gasteiger partial charge in [-0.3, -0.25) is 0 Å². The van der Waals surface area contributed by atoms with Crippen LogP contribution in [0.25, 0.3) is 10.9 Å². The number of benzene rings is 1. The van der Waals surface area contributed by atoms with Crippen molar-refractivity contribution in [2.45, 2.75) is 26.3 Å². The Hall–Kier alpha value is -1.61. The molecule has 3 nitrogen and oxygen atoms in total. The van der Waals surface area contributed by atoms with Crippen LogP contribution in [0.4, 0.5) is 5.82 Å². The second kappa shape index (κ2) is 5.15. The average molecular weight is 230 g/mol. The van der Waals surface area contributed by atoms with E-state index in [2.05, 4.69) is 23.3 Å². The number of aliphatic hydroxyl groups is 1. The summed E-state index contributed by atoms with van der Waals surface area (Å²) < 4.78 is 0. The van der Waals surface area contributed by atoms with E-state index >= 15 is 0 Å². The Morgan fingerprint density at radius 1 is 1.35 bits per heavy atom. The van der Waals surface area contributed by atoms with Gasteiger partial charge in [0.1, 0.15) is 5.82 Å². The zero-order valence-corrected chi connectivity index (χ0v) is 10.3. The number of hydrogen-bond acceptors (Lipinski definition) is 3. The maximum absolute atomic E-state index is 9.18. The number of pyridine rings is 1. The van der Waals surface area contributed by atoms with Crippen molar-refractivity contribution >= 4 is 16.7 Å². The molecule has 0 saturated carbocycles. The number of anilines is 1. The van der Waals surface area contributed by atoms with Crippen molar-refractivity contribution in [3.63, 3.8) is 0 Å². The fourth-order valence-electron chi connectivity index (χ4n) is 1.91. The zero-order chi connectivity index (χ0) is 12.3. The molecule has 0 amide bonds. The van der Waals surface area contributed by atoms with Gasteiger partial charge in [0.2, 0.25) is 0 Å². The van der Waals surface area contributed by atoms with Crippen molar-refractivity contribution in [3.8, 4) is 0 Å². The molecule has 0 aliphatic carbocycles. The molecule has 0 saturated heterocycles. The number of aromatic nitrogens is 1. The molecule has 17 heavy (non-hydrogen) atoms. The van der Waals surface area contributed by atoms with E-state index in [1.807, 2.05) is 31.2 Å². The topological polar surface area (TPSA) is 45.1 Å². The highest BCUT2D eigenvalue weighted by Gasteiger charge is 2.07. The molecule has 0 aliphatic heterocycles. The molecule has 3 heteroatoms. The molecule has 2 aromatic rings. The molecule has 0 spiro atoms. The van der Waals surface area contributed by atoms with Gasteiger partial charge in [-0.2, -0.15) is 0 Å². The lowest BCUT2D eigenvalue weighted by molar-refractivity contribution is 0.271. The largest absolute Gasteiger partial charge is 0.394 e. The van der Waals surface area contributed by atoms with Crippen molar-refractivity contribution in [1.29, 1.82) is 0 Å². The second-order valence-corrected chi connectivity index (χ2v) is 4.27. The van der Waals surface area contributed by atoms with Crippen LogP contribution in [0.1, 0.15) is 18.9 Å². The molecule has 0 bridgehead atoms. The van der Waals surface area contributed by atoms with E-state index in [1.54, 1.807) is 0 Å². The molecule has 1 atom stereocenters. The minimum absolute atomic E-state index is 0.0723. The lowest BCUT2D eigenvalue weighted by Gasteiger charge is -2.15. The predicted octanol–water partition coefficient (Wildman–Crippen LogP) is 2.73. The number of fused-ring (bicyclic) bond motifs is 1. The van der Waals surface area contributed by atoms with Crippen LogP contribution < -0.4 is 5.32 Å². The summed E-state index contributed by atoms with van der Waals surface area (Å²) in [6.07, 6.45) is 0.879. The van der Waals surface area contributed by atoms with Gasteiger partial charge in [-0.25, -0.2) is 4.98 Å². The van der Waals surface area contributed by atoms with Gasteiger partial charge in [-0.15, -0.1) is 0 Å². The van der Waals surface area contributed by atoms with E-state index in [4.69, 9.17) is 0 Å². The number of nitrogens with zero attached hydrogens (tertiary/aromatic N) is 1. The lowest BCUT2D eigenvalue weighted by atomic mass is 10.1. The summed E-state index contributed by atoms with van der Waals surface area (Å²) in [5.74, 6) is 0.835. The highest BCUT2D eigenvalue weighted by molar-refractivity contribution is 5.83. The van der Waals surface area contributed by atoms with Crippen LogP contribution in [0, 0.1) is 6.92 Å². The van der Waals surface area contributed by atoms with Crippen molar-refractivity contribution in [2.75, 3.05) is 11.9 Å². The molecule has 0 radical (unpaired) electrons. The number of para-hydroxylation sites is 1. The molecular weight excluding hydrogens is 212 g/mol. The van der Waals surface area contributed by atoms with Crippen LogP contribution in [-0.2, 0) is 0 Å². The Labute approximate surface area is 102 Å². The van der Waals surface area contributed by atoms with Crippen LogP contribution in [0.5, 0.6) is 0 Å². The number of hydrogen-bond donors (Lipinski definition) is 2. The molecule has 1 aromatic heterocycles. The first-order valence-electron chi connectivity index (χ1n) is 5.98. The Balaban J connectivity index is 2.36. The molecule has 1 aromatic carbocycles. The SMILES string of the molecule is CCC(CO)Nc1cc(C)c2ccccc2n1. The molecular formula is C14H18N2O. The minimum Gasteiger partial charge on any atom is -0.394 e. The minimum atomic E-state index is 0.0723. The van der Waals surface area contributed by atoms with Crippen molar-refractivity contribution in [2.24, 2.45) is 0 Å². The first kappa shape index (κ1) is 11.9. The quantitative estimate of drug-likeness (QED) is 0.849. The Bertz CT molecular complexity index is 507. The van der Waals surface area contributed by atoms with E-state index in [9.17, 15) is 5.11 Å². The summed E-state index contributed by atoms with van der Waals surface area (Å²) in [7, 11) is 0. The summed E-state index contributed by atoms with van der Waals surface area (Å²) in [4.78, 5) is 4.55. The van der Waals surface area contributed by atoms with Crippen LogP contribution in [0.15, 0.2) is 30.3 Å². The fraction of sp³-hybridized carbons (Fsp3) is 0.357. The van der Waals surface area contributed by atoms with Gasteiger partial charge in [0.05, 0.1) is 18.2 Å². The van der Waals surface area contributed by atoms with Crippen LogP contribution in [0.3, 0.4) is 0 Å². The average Bonchev–Trinajstić information content (AvgIpc) is 2.36. The normalized spacial score (nSPS) is 12.6. The maximum Gasteiger partial charge on any atom is 0.127 e. The van der Waals surface area contributed by atoms with E-state index in [-0.39, 0.29) is 12.6 Å². The fourth-order valence-corrected chi connectivity index (χ4v) is 1.91. The third kappa shape index (κ3) is 2.56. The number of aryl methyl sites for hydroxylation is 1. The molecule has 1 heterocycles. The molecule has 2 N–H and O–H groups in total. The predicted molar refractivity (Wildman–Crippen MR) is 71.3 cm³/mol. The van der Waals surface area contributed by atoms with Gasteiger partial charge < -0.3 is 10.4 Å². The molecule has 1 unspecified atom stereocenters. The van der Waals surface area contributed by atoms with Crippen molar-refractivity contribution in [1.82, 2.24) is 4.98 Å². The van der Waals surface area contributed by atoms with Crippen molar-refractivity contribution in [3.05, 3.63) is 35.9 Å². The smallest absolute Gasteiger partial charge is 0.127 e. The standard InChI is InChI=1S/C14H18N2O/c1-3-11(9-17)15-14-8-10(2)12-6-4-5-7-13(12)16-14/h4-8,11,17H,3,9H2,1-2H3,(H,15,16). The van der Waals surface area contributed by atoms with Gasteiger partial charge >= 0.3 is 0 Å². The molecule has 90 valence electrons. The Morgan fingerprint density at radius 3 is 2.82 bits per heavy atom. The summed E-state index contributed by atoms with van der Waals surface area (Å²) >= 11 is 0. The van der Waals surface area contributed by atoms with E-state index in [0.717, 1.165) is 17.8 Å². The lowest BCUT2D eigenvalue weighted by Crippen LogP contribution is -2.23. The maximum atomic E-state index is 9.18. The van der Waals surface area contributed by atoms with Crippen LogP contribution >= 0.6 is 0 Å². The third-order valence-electron chi connectivity index (χ3n) is 2.99. The summed E-state index contributed by atoms with van der Waals surface area (Å²) in [5.41, 5.74) is 2.19. The monoisotopic (exact) mass is 230 g/mol. The van der Waals surface area contributed by atoms with Gasteiger partial charge in [0.25, 0.3) is 0 Å². The van der Waals surface area contributed by atoms with E-state index in [0.29, 0.717) is 0 Å². The van der Waals surface area contributed by atoms with Gasteiger partial charge in [-0.05, 0) is 31.0 Å². The molecule has 0 fully saturated rings. The highest BCUT2D eigenvalue weighted by Crippen LogP contribution is 2.20. The first-order chi connectivity index (χ1) is 8.24. The number of nitrogens with one attached hydrogen (secondary N) is 1. The van der Waals surface area contributed by atoms with Crippen molar-refractivity contribution < 1.29 is 5.11 Å². The number of aliphatic hydroxyl groups excluding tert-OH is 1. The highest BCUT2D eigenvalue weighted by atomic mass is 16.3. The summed E-state index contributed by atoms with van der Waals surface area (Å²) in [6, 6.07) is 10.2. The van der Waals surface area contributed by atoms with Gasteiger partial charge in [0.15, 0.2) is 0 Å². The third-order valence-corrected chi connectivity index (χ3v) is 2.99. The molecule has 0 aliphatic rings. The zero-order valence-electron chi connectivity index (χ0n) is 10.3. The second-order valence-electron chi connectivity index (χ2n) is 4.27. The molecule has 2 rings (SSSR count). The number of rotatable bonds is 4. The summed E-state index contributed by atoms with van der Waals surface area (Å²) in [6.45, 7) is 4.25. The Morgan fingerprint density at radius 2 is 2.12 bits per heavy atom. The van der Waals surface area contributed by atoms with Gasteiger partial charge in [0, 0.05) is 5.39 Å². The Kier molecular flexibility index (Phi) is 3.59. The first-order valence-corrected chi connectivity index (χ1v) is 5.98. The van der Waals surface area contributed by atoms with Crippen LogP contribution in [-0.4, -0.2) is 22.7 Å².